The Balaban J connectivity index is 1.96. The fourth-order valence-electron chi connectivity index (χ4n) is 1.87. The lowest BCUT2D eigenvalue weighted by molar-refractivity contribution is -0.137. The van der Waals surface area contributed by atoms with Gasteiger partial charge in [0.15, 0.2) is 0 Å². The molecule has 0 saturated heterocycles. The molecule has 2 heterocycles. The van der Waals surface area contributed by atoms with Crippen molar-refractivity contribution in [2.24, 2.45) is 0 Å². The summed E-state index contributed by atoms with van der Waals surface area (Å²) >= 11 is 0. The summed E-state index contributed by atoms with van der Waals surface area (Å²) in [6.45, 7) is 0. The first-order valence-corrected chi connectivity index (χ1v) is 5.93. The molecule has 7 heteroatoms. The van der Waals surface area contributed by atoms with Gasteiger partial charge in [0.05, 0.1) is 11.1 Å². The summed E-state index contributed by atoms with van der Waals surface area (Å²) in [6, 6.07) is 6.60. The number of nitrogens with zero attached hydrogens (tertiary/aromatic N) is 3. The number of hydrogen-bond donors (Lipinski definition) is 0. The molecule has 0 fully saturated rings. The molecule has 0 aliphatic rings. The molecule has 0 unspecified atom stereocenters. The number of aromatic nitrogens is 3. The molecule has 0 bridgehead atoms. The normalized spacial score (nSPS) is 11.6. The highest BCUT2D eigenvalue weighted by Crippen LogP contribution is 2.31. The molecule has 106 valence electrons. The molecule has 0 amide bonds. The van der Waals surface area contributed by atoms with E-state index >= 15 is 0 Å². The molecular formula is C14H8F3N3O. The highest BCUT2D eigenvalue weighted by Gasteiger charge is 2.29. The van der Waals surface area contributed by atoms with Crippen LogP contribution < -0.4 is 0 Å². The third-order valence-electron chi connectivity index (χ3n) is 2.89. The molecule has 0 radical (unpaired) electrons. The van der Waals surface area contributed by atoms with Gasteiger partial charge in [-0.25, -0.2) is 0 Å². The summed E-state index contributed by atoms with van der Waals surface area (Å²) < 4.78 is 42.7. The van der Waals surface area contributed by atoms with Gasteiger partial charge in [0.2, 0.25) is 12.3 Å². The molecule has 0 saturated carbocycles. The van der Waals surface area contributed by atoms with Gasteiger partial charge in [0, 0.05) is 18.0 Å². The van der Waals surface area contributed by atoms with E-state index in [1.54, 1.807) is 18.5 Å². The van der Waals surface area contributed by atoms with Gasteiger partial charge in [0.1, 0.15) is 0 Å². The van der Waals surface area contributed by atoms with Crippen molar-refractivity contribution in [3.05, 3.63) is 54.7 Å². The summed E-state index contributed by atoms with van der Waals surface area (Å²) in [4.78, 5) is 4.04. The van der Waals surface area contributed by atoms with E-state index < -0.39 is 11.7 Å². The van der Waals surface area contributed by atoms with Crippen LogP contribution in [-0.2, 0) is 6.18 Å². The summed E-state index contributed by atoms with van der Waals surface area (Å²) in [5.74, 6) is 0.302. The van der Waals surface area contributed by atoms with Gasteiger partial charge in [-0.05, 0) is 23.8 Å². The van der Waals surface area contributed by atoms with Gasteiger partial charge < -0.3 is 4.42 Å². The maximum atomic E-state index is 12.5. The topological polar surface area (TPSA) is 51.8 Å². The average molecular weight is 291 g/mol. The van der Waals surface area contributed by atoms with Crippen LogP contribution in [0.4, 0.5) is 13.2 Å². The second-order valence-electron chi connectivity index (χ2n) is 4.28. The summed E-state index contributed by atoms with van der Waals surface area (Å²) in [7, 11) is 0. The van der Waals surface area contributed by atoms with E-state index in [9.17, 15) is 13.2 Å². The van der Waals surface area contributed by atoms with Crippen molar-refractivity contribution >= 4 is 0 Å². The van der Waals surface area contributed by atoms with Crippen LogP contribution in [0.3, 0.4) is 0 Å². The molecule has 0 N–H and O–H groups in total. The Labute approximate surface area is 117 Å². The molecule has 1 aromatic carbocycles. The van der Waals surface area contributed by atoms with Crippen molar-refractivity contribution in [3.63, 3.8) is 0 Å². The summed E-state index contributed by atoms with van der Waals surface area (Å²) in [5, 5.41) is 7.33. The first-order valence-electron chi connectivity index (χ1n) is 5.93. The van der Waals surface area contributed by atoms with Crippen molar-refractivity contribution in [3.8, 4) is 22.6 Å². The Morgan fingerprint density at radius 2 is 1.62 bits per heavy atom. The quantitative estimate of drug-likeness (QED) is 0.720. The molecule has 3 rings (SSSR count). The van der Waals surface area contributed by atoms with Crippen LogP contribution in [0.2, 0.25) is 0 Å². The number of rotatable bonds is 2. The Morgan fingerprint density at radius 3 is 2.24 bits per heavy atom. The zero-order valence-corrected chi connectivity index (χ0v) is 10.5. The van der Waals surface area contributed by atoms with Crippen LogP contribution in [0.15, 0.2) is 53.5 Å². The highest BCUT2D eigenvalue weighted by atomic mass is 19.4. The van der Waals surface area contributed by atoms with Crippen molar-refractivity contribution < 1.29 is 17.6 Å². The molecule has 0 aliphatic heterocycles. The third-order valence-corrected chi connectivity index (χ3v) is 2.89. The Bertz CT molecular complexity index is 737. The first kappa shape index (κ1) is 13.3. The van der Waals surface area contributed by atoms with Crippen LogP contribution in [0.1, 0.15) is 5.56 Å². The standard InChI is InChI=1S/C14H8F3N3O/c15-14(16,17)12-3-1-9(2-4-12)10-5-11(7-18-6-10)13-20-19-8-21-13/h1-8H. The number of halogens is 3. The maximum absolute atomic E-state index is 12.5. The second kappa shape index (κ2) is 5.01. The zero-order valence-electron chi connectivity index (χ0n) is 10.5. The van der Waals surface area contributed by atoms with Crippen molar-refractivity contribution in [2.45, 2.75) is 6.18 Å². The predicted molar refractivity (Wildman–Crippen MR) is 68.0 cm³/mol. The average Bonchev–Trinajstić information content (AvgIpc) is 3.01. The molecule has 4 nitrogen and oxygen atoms in total. The minimum Gasteiger partial charge on any atom is -0.423 e. The minimum atomic E-state index is -4.34. The zero-order chi connectivity index (χ0) is 14.9. The number of alkyl halides is 3. The molecule has 2 aromatic heterocycles. The fourth-order valence-corrected chi connectivity index (χ4v) is 1.87. The molecule has 0 aliphatic carbocycles. The Morgan fingerprint density at radius 1 is 0.905 bits per heavy atom. The van der Waals surface area contributed by atoms with E-state index in [0.29, 0.717) is 22.6 Å². The van der Waals surface area contributed by atoms with Crippen LogP contribution in [0.5, 0.6) is 0 Å². The molecule has 21 heavy (non-hydrogen) atoms. The molecule has 0 spiro atoms. The van der Waals surface area contributed by atoms with Crippen molar-refractivity contribution in [2.75, 3.05) is 0 Å². The SMILES string of the molecule is FC(F)(F)c1ccc(-c2cncc(-c3nnco3)c2)cc1. The molecule has 0 atom stereocenters. The Kier molecular flexibility index (Phi) is 3.17. The van der Waals surface area contributed by atoms with Gasteiger partial charge in [-0.3, -0.25) is 4.98 Å². The largest absolute Gasteiger partial charge is 0.423 e. The number of benzene rings is 1. The minimum absolute atomic E-state index is 0.302. The van der Waals surface area contributed by atoms with Crippen LogP contribution in [0, 0.1) is 0 Å². The van der Waals surface area contributed by atoms with Crippen LogP contribution in [-0.4, -0.2) is 15.2 Å². The van der Waals surface area contributed by atoms with E-state index in [1.165, 1.54) is 18.5 Å². The molecule has 3 aromatic rings. The number of hydrogen-bond acceptors (Lipinski definition) is 4. The monoisotopic (exact) mass is 291 g/mol. The number of pyridine rings is 1. The van der Waals surface area contributed by atoms with Gasteiger partial charge in [-0.2, -0.15) is 13.2 Å². The highest BCUT2D eigenvalue weighted by molar-refractivity contribution is 5.68. The van der Waals surface area contributed by atoms with Crippen molar-refractivity contribution in [1.82, 2.24) is 15.2 Å². The van der Waals surface area contributed by atoms with Crippen LogP contribution >= 0.6 is 0 Å². The van der Waals surface area contributed by atoms with Crippen molar-refractivity contribution in [1.29, 1.82) is 0 Å². The van der Waals surface area contributed by atoms with E-state index in [2.05, 4.69) is 15.2 Å². The van der Waals surface area contributed by atoms with Gasteiger partial charge in [0.25, 0.3) is 0 Å². The van der Waals surface area contributed by atoms with Gasteiger partial charge in [-0.15, -0.1) is 10.2 Å². The lowest BCUT2D eigenvalue weighted by Crippen LogP contribution is -2.03. The van der Waals surface area contributed by atoms with E-state index in [1.807, 2.05) is 0 Å². The predicted octanol–water partition coefficient (Wildman–Crippen LogP) is 3.82. The summed E-state index contributed by atoms with van der Waals surface area (Å²) in [6.07, 6.45) is -0.0495. The van der Waals surface area contributed by atoms with E-state index in [4.69, 9.17) is 4.42 Å². The molecular weight excluding hydrogens is 283 g/mol. The Hall–Kier alpha value is -2.70. The fraction of sp³-hybridized carbons (Fsp3) is 0.0714. The van der Waals surface area contributed by atoms with Crippen LogP contribution in [0.25, 0.3) is 22.6 Å². The van der Waals surface area contributed by atoms with Gasteiger partial charge >= 0.3 is 6.18 Å². The smallest absolute Gasteiger partial charge is 0.416 e. The van der Waals surface area contributed by atoms with Gasteiger partial charge in [-0.1, -0.05) is 12.1 Å². The third kappa shape index (κ3) is 2.76. The first-order chi connectivity index (χ1) is 10.0. The summed E-state index contributed by atoms with van der Waals surface area (Å²) in [5.41, 5.74) is 1.20. The lowest BCUT2D eigenvalue weighted by Gasteiger charge is -2.08. The van der Waals surface area contributed by atoms with E-state index in [0.717, 1.165) is 12.1 Å². The lowest BCUT2D eigenvalue weighted by atomic mass is 10.0. The van der Waals surface area contributed by atoms with E-state index in [-0.39, 0.29) is 0 Å². The second-order valence-corrected chi connectivity index (χ2v) is 4.28. The maximum Gasteiger partial charge on any atom is 0.416 e.